The van der Waals surface area contributed by atoms with Crippen LogP contribution in [0.1, 0.15) is 32.1 Å². The van der Waals surface area contributed by atoms with E-state index in [1.54, 1.807) is 20.7 Å². The number of ether oxygens (including phenoxy) is 1. The number of halogens is 1. The van der Waals surface area contributed by atoms with Crippen LogP contribution in [0.2, 0.25) is 0 Å². The predicted molar refractivity (Wildman–Crippen MR) is 88.4 cm³/mol. The molecule has 0 aromatic heterocycles. The summed E-state index contributed by atoms with van der Waals surface area (Å²) in [5.74, 6) is 0.644. The second-order valence-corrected chi connectivity index (χ2v) is 8.84. The largest absolute Gasteiger partial charge is 0.492 e. The Morgan fingerprint density at radius 2 is 1.83 bits per heavy atom. The molecule has 1 aromatic rings. The molecule has 0 radical (unpaired) electrons. The summed E-state index contributed by atoms with van der Waals surface area (Å²) in [6.07, 6.45) is 4.83. The molecule has 7 heteroatoms. The minimum absolute atomic E-state index is 0.112. The highest BCUT2D eigenvalue weighted by Crippen LogP contribution is 2.45. The third-order valence-corrected chi connectivity index (χ3v) is 7.69. The van der Waals surface area contributed by atoms with Gasteiger partial charge in [-0.2, -0.15) is 17.0 Å². The molecule has 3 atom stereocenters. The van der Waals surface area contributed by atoms with Crippen molar-refractivity contribution in [3.63, 3.8) is 0 Å². The molecule has 0 amide bonds. The molecule has 2 aliphatic heterocycles. The van der Waals surface area contributed by atoms with Crippen LogP contribution in [-0.4, -0.2) is 48.8 Å². The Morgan fingerprint density at radius 1 is 1.12 bits per heavy atom. The van der Waals surface area contributed by atoms with Crippen LogP contribution < -0.4 is 4.74 Å². The van der Waals surface area contributed by atoms with Crippen molar-refractivity contribution in [3.05, 3.63) is 30.1 Å². The lowest BCUT2D eigenvalue weighted by Gasteiger charge is -2.36. The van der Waals surface area contributed by atoms with Crippen molar-refractivity contribution in [2.45, 2.75) is 44.2 Å². The van der Waals surface area contributed by atoms with Crippen LogP contribution in [0.3, 0.4) is 0 Å². The van der Waals surface area contributed by atoms with Crippen molar-refractivity contribution in [2.75, 3.05) is 19.7 Å². The van der Waals surface area contributed by atoms with Crippen molar-refractivity contribution < 1.29 is 17.5 Å². The van der Waals surface area contributed by atoms with Crippen LogP contribution >= 0.6 is 0 Å². The van der Waals surface area contributed by atoms with Gasteiger partial charge in [-0.05, 0) is 62.3 Å². The maximum atomic E-state index is 13.0. The Hall–Kier alpha value is -1.18. The molecule has 5 nitrogen and oxygen atoms in total. The maximum Gasteiger partial charge on any atom is 0.282 e. The Morgan fingerprint density at radius 3 is 2.54 bits per heavy atom. The van der Waals surface area contributed by atoms with Gasteiger partial charge in [0, 0.05) is 19.1 Å². The minimum atomic E-state index is -3.40. The molecule has 3 fully saturated rings. The molecular formula is C17H23FN2O3S. The third kappa shape index (κ3) is 2.82. The van der Waals surface area contributed by atoms with Gasteiger partial charge in [-0.15, -0.1) is 0 Å². The first-order valence-electron chi connectivity index (χ1n) is 8.73. The first-order chi connectivity index (χ1) is 11.6. The summed E-state index contributed by atoms with van der Waals surface area (Å²) in [4.78, 5) is 0. The Balaban J connectivity index is 1.51. The monoisotopic (exact) mass is 354 g/mol. The van der Waals surface area contributed by atoms with Gasteiger partial charge < -0.3 is 4.74 Å². The van der Waals surface area contributed by atoms with Crippen molar-refractivity contribution in [1.82, 2.24) is 8.61 Å². The van der Waals surface area contributed by atoms with Gasteiger partial charge in [0.1, 0.15) is 18.2 Å². The van der Waals surface area contributed by atoms with E-state index in [-0.39, 0.29) is 17.9 Å². The number of fused-ring (bicyclic) bond motifs is 2. The highest BCUT2D eigenvalue weighted by Gasteiger charge is 2.53. The molecular weight excluding hydrogens is 331 g/mol. The molecule has 2 heterocycles. The van der Waals surface area contributed by atoms with Gasteiger partial charge in [-0.3, -0.25) is 0 Å². The van der Waals surface area contributed by atoms with Gasteiger partial charge in [0.15, 0.2) is 0 Å². The van der Waals surface area contributed by atoms with Crippen molar-refractivity contribution in [3.8, 4) is 5.75 Å². The van der Waals surface area contributed by atoms with E-state index in [2.05, 4.69) is 0 Å². The number of nitrogens with zero attached hydrogens (tertiary/aromatic N) is 2. The van der Waals surface area contributed by atoms with Crippen LogP contribution in [0.4, 0.5) is 4.39 Å². The first kappa shape index (κ1) is 16.3. The third-order valence-electron chi connectivity index (χ3n) is 5.57. The van der Waals surface area contributed by atoms with E-state index in [9.17, 15) is 12.8 Å². The summed E-state index contributed by atoms with van der Waals surface area (Å²) in [6, 6.07) is 5.88. The molecule has 2 bridgehead atoms. The summed E-state index contributed by atoms with van der Waals surface area (Å²) in [5.41, 5.74) is 0. The van der Waals surface area contributed by atoms with Gasteiger partial charge in [0.2, 0.25) is 0 Å². The maximum absolute atomic E-state index is 13.0. The highest BCUT2D eigenvalue weighted by molar-refractivity contribution is 7.86. The lowest BCUT2D eigenvalue weighted by molar-refractivity contribution is 0.156. The van der Waals surface area contributed by atoms with Crippen molar-refractivity contribution in [1.29, 1.82) is 0 Å². The van der Waals surface area contributed by atoms with E-state index in [0.717, 1.165) is 32.1 Å². The average molecular weight is 354 g/mol. The van der Waals surface area contributed by atoms with Gasteiger partial charge in [-0.1, -0.05) is 0 Å². The fourth-order valence-corrected chi connectivity index (χ4v) is 6.51. The molecule has 1 aromatic carbocycles. The van der Waals surface area contributed by atoms with Gasteiger partial charge >= 0.3 is 0 Å². The van der Waals surface area contributed by atoms with Crippen LogP contribution in [-0.2, 0) is 10.2 Å². The highest BCUT2D eigenvalue weighted by atomic mass is 32.2. The SMILES string of the molecule is O=S(=O)(N1CCCC1)N1[C@H]2CC[C@H](C2)[C@@H]1COc1ccc(F)cc1. The topological polar surface area (TPSA) is 49.9 Å². The Labute approximate surface area is 142 Å². The quantitative estimate of drug-likeness (QED) is 0.816. The van der Waals surface area contributed by atoms with Crippen LogP contribution in [0, 0.1) is 11.7 Å². The summed E-state index contributed by atoms with van der Waals surface area (Å²) in [5, 5.41) is 0. The second kappa shape index (κ2) is 6.28. The number of hydrogen-bond acceptors (Lipinski definition) is 3. The molecule has 1 aliphatic carbocycles. The number of hydrogen-bond donors (Lipinski definition) is 0. The second-order valence-electron chi connectivity index (χ2n) is 7.00. The zero-order valence-electron chi connectivity index (χ0n) is 13.6. The molecule has 1 saturated carbocycles. The van der Waals surface area contributed by atoms with Gasteiger partial charge in [-0.25, -0.2) is 4.39 Å². The zero-order chi connectivity index (χ0) is 16.7. The normalized spacial score (nSPS) is 31.0. The summed E-state index contributed by atoms with van der Waals surface area (Å²) in [6.45, 7) is 1.59. The van der Waals surface area contributed by atoms with Crippen molar-refractivity contribution in [2.24, 2.45) is 5.92 Å². The van der Waals surface area contributed by atoms with Crippen LogP contribution in [0.15, 0.2) is 24.3 Å². The molecule has 0 unspecified atom stereocenters. The average Bonchev–Trinajstić information content (AvgIpc) is 3.30. The molecule has 132 valence electrons. The first-order valence-corrected chi connectivity index (χ1v) is 10.1. The molecule has 4 rings (SSSR count). The molecule has 2 saturated heterocycles. The number of benzene rings is 1. The molecule has 3 aliphatic rings. The Bertz CT molecular complexity index is 688. The van der Waals surface area contributed by atoms with Crippen LogP contribution in [0.5, 0.6) is 5.75 Å². The standard InChI is InChI=1S/C17H23FN2O3S/c18-14-4-7-16(8-5-14)23-12-17-13-3-6-15(11-13)20(17)24(21,22)19-9-1-2-10-19/h4-5,7-8,13,15,17H,1-3,6,9-12H2/t13-,15+,17+/m1/s1. The lowest BCUT2D eigenvalue weighted by Crippen LogP contribution is -2.52. The minimum Gasteiger partial charge on any atom is -0.492 e. The fourth-order valence-electron chi connectivity index (χ4n) is 4.38. The molecule has 0 N–H and O–H groups in total. The Kier molecular flexibility index (Phi) is 4.26. The van der Waals surface area contributed by atoms with E-state index in [0.29, 0.717) is 31.4 Å². The fraction of sp³-hybridized carbons (Fsp3) is 0.647. The number of piperidine rings is 1. The zero-order valence-corrected chi connectivity index (χ0v) is 14.4. The summed E-state index contributed by atoms with van der Waals surface area (Å²) < 4.78 is 48.2. The molecule has 0 spiro atoms. The number of rotatable bonds is 5. The van der Waals surface area contributed by atoms with E-state index >= 15 is 0 Å². The predicted octanol–water partition coefficient (Wildman–Crippen LogP) is 2.40. The van der Waals surface area contributed by atoms with E-state index in [1.807, 2.05) is 0 Å². The van der Waals surface area contributed by atoms with Gasteiger partial charge in [0.25, 0.3) is 10.2 Å². The molecule has 24 heavy (non-hydrogen) atoms. The summed E-state index contributed by atoms with van der Waals surface area (Å²) >= 11 is 0. The van der Waals surface area contributed by atoms with E-state index < -0.39 is 10.2 Å². The lowest BCUT2D eigenvalue weighted by atomic mass is 10.0. The van der Waals surface area contributed by atoms with E-state index in [1.165, 1.54) is 12.1 Å². The van der Waals surface area contributed by atoms with Crippen LogP contribution in [0.25, 0.3) is 0 Å². The van der Waals surface area contributed by atoms with Gasteiger partial charge in [0.05, 0.1) is 6.04 Å². The summed E-state index contributed by atoms with van der Waals surface area (Å²) in [7, 11) is -3.40. The van der Waals surface area contributed by atoms with Crippen molar-refractivity contribution >= 4 is 10.2 Å². The smallest absolute Gasteiger partial charge is 0.282 e. The van der Waals surface area contributed by atoms with E-state index in [4.69, 9.17) is 4.74 Å².